The molecule has 1 aromatic heterocycles. The van der Waals surface area contributed by atoms with Crippen LogP contribution in [0.3, 0.4) is 0 Å². The van der Waals surface area contributed by atoms with Gasteiger partial charge < -0.3 is 20.3 Å². The van der Waals surface area contributed by atoms with E-state index >= 15 is 0 Å². The summed E-state index contributed by atoms with van der Waals surface area (Å²) >= 11 is 6.75. The Morgan fingerprint density at radius 3 is 2.33 bits per heavy atom. The van der Waals surface area contributed by atoms with Gasteiger partial charge in [0.05, 0.1) is 33.6 Å². The van der Waals surface area contributed by atoms with Gasteiger partial charge >= 0.3 is 12.4 Å². The SMILES string of the molecule is CC(C)(C)CN(CC(F)(F)F)[C@H](CNC(=O)c1ccc(Cl)s1)C(=O)Nc1ccc(N2CCOCC2=O)cc1C(F)(F)F. The van der Waals surface area contributed by atoms with Crippen molar-refractivity contribution in [2.45, 2.75) is 39.2 Å². The summed E-state index contributed by atoms with van der Waals surface area (Å²) in [6.07, 6.45) is -9.76. The second-order valence-corrected chi connectivity index (χ2v) is 12.4. The summed E-state index contributed by atoms with van der Waals surface area (Å²) in [6, 6.07) is 3.91. The normalized spacial score (nSPS) is 15.6. The van der Waals surface area contributed by atoms with E-state index in [1.165, 1.54) is 18.2 Å². The van der Waals surface area contributed by atoms with Gasteiger partial charge in [-0.1, -0.05) is 32.4 Å². The van der Waals surface area contributed by atoms with E-state index in [0.717, 1.165) is 27.2 Å². The number of morpholine rings is 1. The summed E-state index contributed by atoms with van der Waals surface area (Å²) in [4.78, 5) is 40.2. The monoisotopic (exact) mass is 642 g/mol. The van der Waals surface area contributed by atoms with Gasteiger partial charge in [-0.3, -0.25) is 19.3 Å². The van der Waals surface area contributed by atoms with Crippen molar-refractivity contribution in [3.8, 4) is 0 Å². The Kier molecular flexibility index (Phi) is 10.6. The first-order valence-corrected chi connectivity index (χ1v) is 13.8. The molecule has 1 aliphatic rings. The van der Waals surface area contributed by atoms with Crippen LogP contribution in [0.15, 0.2) is 30.3 Å². The molecule has 0 bridgehead atoms. The molecule has 8 nitrogen and oxygen atoms in total. The average molecular weight is 643 g/mol. The molecule has 3 rings (SSSR count). The minimum absolute atomic E-state index is 0.0122. The molecule has 2 heterocycles. The van der Waals surface area contributed by atoms with E-state index in [9.17, 15) is 40.7 Å². The molecule has 16 heteroatoms. The zero-order valence-electron chi connectivity index (χ0n) is 22.8. The van der Waals surface area contributed by atoms with Crippen LogP contribution < -0.4 is 15.5 Å². The number of carbonyl (C=O) groups excluding carboxylic acids is 3. The molecule has 1 atom stereocenters. The number of halogens is 7. The Balaban J connectivity index is 1.96. The van der Waals surface area contributed by atoms with Crippen molar-refractivity contribution in [2.75, 3.05) is 49.6 Å². The molecule has 232 valence electrons. The summed E-state index contributed by atoms with van der Waals surface area (Å²) in [5, 5.41) is 4.51. The highest BCUT2D eigenvalue weighted by Crippen LogP contribution is 2.38. The number of benzene rings is 1. The van der Waals surface area contributed by atoms with Crippen LogP contribution in [-0.2, 0) is 20.5 Å². The fourth-order valence-electron chi connectivity index (χ4n) is 4.27. The summed E-state index contributed by atoms with van der Waals surface area (Å²) in [7, 11) is 0. The standard InChI is InChI=1S/C26H29ClF6N4O4S/c1-24(2,3)13-36(14-25(28,29)30)18(11-34-23(40)19-6-7-20(27)42-19)22(39)35-17-5-4-15(10-16(17)26(31,32)33)37-8-9-41-12-21(37)38/h4-7,10,18H,8-9,11-14H2,1-3H3,(H,34,40)(H,35,39)/t18-/m1/s1. The van der Waals surface area contributed by atoms with E-state index in [0.29, 0.717) is 6.07 Å². The van der Waals surface area contributed by atoms with Crippen LogP contribution in [-0.4, -0.2) is 74.2 Å². The van der Waals surface area contributed by atoms with Crippen molar-refractivity contribution in [1.82, 2.24) is 10.2 Å². The first kappa shape index (κ1) is 33.6. The molecule has 3 amide bonds. The quantitative estimate of drug-likeness (QED) is 0.356. The van der Waals surface area contributed by atoms with Crippen LogP contribution in [0, 0.1) is 5.41 Å². The number of carbonyl (C=O) groups is 3. The van der Waals surface area contributed by atoms with E-state index in [-0.39, 0.29) is 41.2 Å². The smallest absolute Gasteiger partial charge is 0.370 e. The molecule has 0 radical (unpaired) electrons. The van der Waals surface area contributed by atoms with E-state index < -0.39 is 65.9 Å². The van der Waals surface area contributed by atoms with Crippen LogP contribution >= 0.6 is 22.9 Å². The average Bonchev–Trinajstić information content (AvgIpc) is 3.28. The number of nitrogens with zero attached hydrogens (tertiary/aromatic N) is 2. The fourth-order valence-corrected chi connectivity index (χ4v) is 5.23. The van der Waals surface area contributed by atoms with Crippen molar-refractivity contribution < 1.29 is 45.5 Å². The Morgan fingerprint density at radius 1 is 1.10 bits per heavy atom. The van der Waals surface area contributed by atoms with Gasteiger partial charge in [0.2, 0.25) is 5.91 Å². The van der Waals surface area contributed by atoms with Crippen LogP contribution in [0.5, 0.6) is 0 Å². The highest BCUT2D eigenvalue weighted by molar-refractivity contribution is 7.18. The second kappa shape index (κ2) is 13.2. The lowest BCUT2D eigenvalue weighted by Gasteiger charge is -2.36. The van der Waals surface area contributed by atoms with Crippen LogP contribution in [0.4, 0.5) is 37.7 Å². The Morgan fingerprint density at radius 2 is 1.79 bits per heavy atom. The number of anilines is 2. The first-order chi connectivity index (χ1) is 19.3. The highest BCUT2D eigenvalue weighted by atomic mass is 35.5. The van der Waals surface area contributed by atoms with Gasteiger partial charge in [-0.05, 0) is 35.7 Å². The largest absolute Gasteiger partial charge is 0.418 e. The molecule has 2 N–H and O–H groups in total. The topological polar surface area (TPSA) is 91.0 Å². The van der Waals surface area contributed by atoms with Crippen LogP contribution in [0.2, 0.25) is 4.34 Å². The van der Waals surface area contributed by atoms with Crippen molar-refractivity contribution in [3.63, 3.8) is 0 Å². The van der Waals surface area contributed by atoms with Gasteiger partial charge in [-0.2, -0.15) is 26.3 Å². The van der Waals surface area contributed by atoms with Gasteiger partial charge in [-0.25, -0.2) is 0 Å². The molecular formula is C26H29ClF6N4O4S. The molecule has 0 saturated carbocycles. The second-order valence-electron chi connectivity index (χ2n) is 10.7. The number of rotatable bonds is 9. The fraction of sp³-hybridized carbons (Fsp3) is 0.500. The summed E-state index contributed by atoms with van der Waals surface area (Å²) in [5.74, 6) is -2.48. The van der Waals surface area contributed by atoms with Crippen molar-refractivity contribution in [3.05, 3.63) is 45.1 Å². The van der Waals surface area contributed by atoms with E-state index in [1.54, 1.807) is 20.8 Å². The lowest BCUT2D eigenvalue weighted by atomic mass is 9.95. The maximum atomic E-state index is 14.1. The number of hydrogen-bond acceptors (Lipinski definition) is 6. The minimum Gasteiger partial charge on any atom is -0.370 e. The Labute approximate surface area is 246 Å². The predicted molar refractivity (Wildman–Crippen MR) is 146 cm³/mol. The van der Waals surface area contributed by atoms with Crippen molar-refractivity contribution in [2.24, 2.45) is 5.41 Å². The molecule has 1 aromatic carbocycles. The van der Waals surface area contributed by atoms with Gasteiger partial charge in [-0.15, -0.1) is 11.3 Å². The molecule has 1 saturated heterocycles. The first-order valence-electron chi connectivity index (χ1n) is 12.6. The third kappa shape index (κ3) is 9.57. The zero-order valence-corrected chi connectivity index (χ0v) is 24.4. The maximum absolute atomic E-state index is 14.1. The van der Waals surface area contributed by atoms with Gasteiger partial charge in [0.1, 0.15) is 12.6 Å². The third-order valence-electron chi connectivity index (χ3n) is 5.92. The third-order valence-corrected chi connectivity index (χ3v) is 7.15. The predicted octanol–water partition coefficient (Wildman–Crippen LogP) is 5.43. The van der Waals surface area contributed by atoms with Gasteiger partial charge in [0, 0.05) is 25.3 Å². The van der Waals surface area contributed by atoms with Gasteiger partial charge in [0.25, 0.3) is 11.8 Å². The highest BCUT2D eigenvalue weighted by Gasteiger charge is 2.40. The molecule has 1 aliphatic heterocycles. The Bertz CT molecular complexity index is 1280. The molecule has 0 unspecified atom stereocenters. The maximum Gasteiger partial charge on any atom is 0.418 e. The van der Waals surface area contributed by atoms with E-state index in [1.807, 2.05) is 0 Å². The lowest BCUT2D eigenvalue weighted by molar-refractivity contribution is -0.156. The van der Waals surface area contributed by atoms with Crippen LogP contribution in [0.1, 0.15) is 36.0 Å². The number of ether oxygens (including phenoxy) is 1. The lowest BCUT2D eigenvalue weighted by Crippen LogP contribution is -2.55. The van der Waals surface area contributed by atoms with E-state index in [4.69, 9.17) is 16.3 Å². The Hall–Kier alpha value is -2.88. The number of thiophene rings is 1. The van der Waals surface area contributed by atoms with Crippen molar-refractivity contribution >= 4 is 52.0 Å². The number of amides is 3. The van der Waals surface area contributed by atoms with Crippen molar-refractivity contribution in [1.29, 1.82) is 0 Å². The summed E-state index contributed by atoms with van der Waals surface area (Å²) < 4.78 is 88.4. The number of hydrogen-bond donors (Lipinski definition) is 2. The summed E-state index contributed by atoms with van der Waals surface area (Å²) in [5.41, 5.74) is -2.88. The molecule has 2 aromatic rings. The minimum atomic E-state index is -4.99. The molecular weight excluding hydrogens is 614 g/mol. The molecule has 1 fully saturated rings. The molecule has 42 heavy (non-hydrogen) atoms. The van der Waals surface area contributed by atoms with Gasteiger partial charge in [0.15, 0.2) is 0 Å². The molecule has 0 aliphatic carbocycles. The van der Waals surface area contributed by atoms with E-state index in [2.05, 4.69) is 10.6 Å². The number of nitrogens with one attached hydrogen (secondary N) is 2. The molecule has 0 spiro atoms. The van der Waals surface area contributed by atoms with Crippen LogP contribution in [0.25, 0.3) is 0 Å². The number of alkyl halides is 6. The summed E-state index contributed by atoms with van der Waals surface area (Å²) in [6.45, 7) is 2.21. The zero-order chi connectivity index (χ0) is 31.5.